The molecule has 1 aliphatic heterocycles. The van der Waals surface area contributed by atoms with Crippen LogP contribution in [-0.4, -0.2) is 26.4 Å². The van der Waals surface area contributed by atoms with Crippen LogP contribution in [-0.2, 0) is 21.2 Å². The van der Waals surface area contributed by atoms with Crippen molar-refractivity contribution in [3.63, 3.8) is 0 Å². The van der Waals surface area contributed by atoms with Crippen LogP contribution >= 0.6 is 0 Å². The smallest absolute Gasteiger partial charge is 0.240 e. The van der Waals surface area contributed by atoms with Gasteiger partial charge in [-0.05, 0) is 36.6 Å². The van der Waals surface area contributed by atoms with Gasteiger partial charge in [0.1, 0.15) is 0 Å². The van der Waals surface area contributed by atoms with Crippen LogP contribution in [0.25, 0.3) is 0 Å². The fourth-order valence-corrected chi connectivity index (χ4v) is 4.32. The van der Waals surface area contributed by atoms with Crippen molar-refractivity contribution in [2.75, 3.05) is 5.32 Å². The Bertz CT molecular complexity index is 672. The van der Waals surface area contributed by atoms with Crippen molar-refractivity contribution in [1.82, 2.24) is 4.72 Å². The van der Waals surface area contributed by atoms with Crippen molar-refractivity contribution in [3.8, 4) is 0 Å². The Morgan fingerprint density at radius 3 is 2.76 bits per heavy atom. The van der Waals surface area contributed by atoms with E-state index in [2.05, 4.69) is 10.0 Å². The number of nitrogens with two attached hydrogens (primary N) is 1. The number of sulfonamides is 1. The Hall–Kier alpha value is -1.44. The third kappa shape index (κ3) is 2.95. The Labute approximate surface area is 124 Å². The number of rotatable bonds is 3. The first-order valence-electron chi connectivity index (χ1n) is 7.16. The zero-order valence-corrected chi connectivity index (χ0v) is 12.4. The van der Waals surface area contributed by atoms with Gasteiger partial charge < -0.3 is 11.1 Å². The van der Waals surface area contributed by atoms with Crippen molar-refractivity contribution >= 4 is 21.6 Å². The molecule has 114 valence electrons. The van der Waals surface area contributed by atoms with E-state index in [1.807, 2.05) is 0 Å². The van der Waals surface area contributed by atoms with Crippen molar-refractivity contribution in [1.29, 1.82) is 0 Å². The van der Waals surface area contributed by atoms with Gasteiger partial charge in [-0.2, -0.15) is 0 Å². The minimum absolute atomic E-state index is 0.109. The van der Waals surface area contributed by atoms with Crippen LogP contribution in [0.1, 0.15) is 31.2 Å². The molecular formula is C14H19N3O3S. The molecule has 0 spiro atoms. The van der Waals surface area contributed by atoms with E-state index in [1.54, 1.807) is 12.1 Å². The van der Waals surface area contributed by atoms with E-state index in [4.69, 9.17) is 5.73 Å². The Morgan fingerprint density at radius 1 is 1.24 bits per heavy atom. The monoisotopic (exact) mass is 309 g/mol. The maximum Gasteiger partial charge on any atom is 0.240 e. The Morgan fingerprint density at radius 2 is 2.00 bits per heavy atom. The molecule has 1 aromatic carbocycles. The van der Waals surface area contributed by atoms with E-state index < -0.39 is 10.0 Å². The van der Waals surface area contributed by atoms with E-state index in [9.17, 15) is 13.2 Å². The fraction of sp³-hybridized carbons (Fsp3) is 0.500. The fourth-order valence-electron chi connectivity index (χ4n) is 2.95. The number of anilines is 1. The first-order valence-corrected chi connectivity index (χ1v) is 8.65. The van der Waals surface area contributed by atoms with Gasteiger partial charge in [0, 0.05) is 17.8 Å². The van der Waals surface area contributed by atoms with Gasteiger partial charge in [0.2, 0.25) is 15.9 Å². The van der Waals surface area contributed by atoms with Crippen molar-refractivity contribution in [2.45, 2.75) is 49.1 Å². The number of carbonyl (C=O) groups is 1. The minimum atomic E-state index is -3.60. The number of hydrogen-bond donors (Lipinski definition) is 3. The summed E-state index contributed by atoms with van der Waals surface area (Å²) >= 11 is 0. The van der Waals surface area contributed by atoms with E-state index in [0.29, 0.717) is 5.69 Å². The summed E-state index contributed by atoms with van der Waals surface area (Å²) in [6, 6.07) is 4.36. The maximum atomic E-state index is 12.5. The van der Waals surface area contributed by atoms with E-state index in [-0.39, 0.29) is 29.3 Å². The number of hydrogen-bond acceptors (Lipinski definition) is 4. The number of amides is 1. The third-order valence-corrected chi connectivity index (χ3v) is 5.63. The predicted molar refractivity (Wildman–Crippen MR) is 79.3 cm³/mol. The van der Waals surface area contributed by atoms with Crippen molar-refractivity contribution < 1.29 is 13.2 Å². The van der Waals surface area contributed by atoms with E-state index in [0.717, 1.165) is 31.2 Å². The summed E-state index contributed by atoms with van der Waals surface area (Å²) < 4.78 is 27.6. The summed E-state index contributed by atoms with van der Waals surface area (Å²) in [5, 5.41) is 2.69. The van der Waals surface area contributed by atoms with Crippen molar-refractivity contribution in [3.05, 3.63) is 23.8 Å². The summed E-state index contributed by atoms with van der Waals surface area (Å²) in [6.07, 6.45) is 3.87. The molecule has 0 bridgehead atoms. The largest absolute Gasteiger partial charge is 0.326 e. The summed E-state index contributed by atoms with van der Waals surface area (Å²) in [5.41, 5.74) is 7.40. The van der Waals surface area contributed by atoms with Gasteiger partial charge in [-0.3, -0.25) is 4.79 Å². The summed E-state index contributed by atoms with van der Waals surface area (Å²) in [5.74, 6) is -0.109. The summed E-state index contributed by atoms with van der Waals surface area (Å²) in [4.78, 5) is 11.5. The molecule has 1 saturated carbocycles. The molecule has 0 aromatic heterocycles. The van der Waals surface area contributed by atoms with Crippen LogP contribution in [0.5, 0.6) is 0 Å². The molecule has 1 heterocycles. The van der Waals surface area contributed by atoms with Gasteiger partial charge in [-0.1, -0.05) is 12.8 Å². The molecule has 3 rings (SSSR count). The molecule has 7 heteroatoms. The molecule has 1 amide bonds. The van der Waals surface area contributed by atoms with Crippen LogP contribution in [0, 0.1) is 0 Å². The second kappa shape index (κ2) is 5.40. The molecule has 0 saturated heterocycles. The van der Waals surface area contributed by atoms with Gasteiger partial charge >= 0.3 is 0 Å². The minimum Gasteiger partial charge on any atom is -0.326 e. The highest BCUT2D eigenvalue weighted by Gasteiger charge is 2.28. The molecular weight excluding hydrogens is 290 g/mol. The average Bonchev–Trinajstić information content (AvgIpc) is 2.80. The molecule has 0 radical (unpaired) electrons. The van der Waals surface area contributed by atoms with Crippen molar-refractivity contribution in [2.24, 2.45) is 5.73 Å². The molecule has 1 aromatic rings. The highest BCUT2D eigenvalue weighted by atomic mass is 32.2. The Balaban J connectivity index is 1.82. The molecule has 2 atom stereocenters. The normalized spacial score (nSPS) is 25.5. The lowest BCUT2D eigenvalue weighted by Gasteiger charge is -2.29. The van der Waals surface area contributed by atoms with Crippen LogP contribution < -0.4 is 15.8 Å². The topological polar surface area (TPSA) is 101 Å². The first kappa shape index (κ1) is 14.5. The number of benzene rings is 1. The lowest BCUT2D eigenvalue weighted by molar-refractivity contribution is -0.115. The maximum absolute atomic E-state index is 12.5. The van der Waals surface area contributed by atoms with Gasteiger partial charge in [0.05, 0.1) is 11.3 Å². The third-order valence-electron chi connectivity index (χ3n) is 4.14. The number of nitrogens with one attached hydrogen (secondary N) is 2. The molecule has 21 heavy (non-hydrogen) atoms. The second-order valence-electron chi connectivity index (χ2n) is 5.72. The lowest BCUT2D eigenvalue weighted by Crippen LogP contribution is -2.49. The van der Waals surface area contributed by atoms with Crippen LogP contribution in [0.15, 0.2) is 23.1 Å². The van der Waals surface area contributed by atoms with Gasteiger partial charge in [-0.25, -0.2) is 13.1 Å². The number of carbonyl (C=O) groups excluding carboxylic acids is 1. The molecule has 2 unspecified atom stereocenters. The van der Waals surface area contributed by atoms with Gasteiger partial charge in [-0.15, -0.1) is 0 Å². The van der Waals surface area contributed by atoms with Gasteiger partial charge in [0.15, 0.2) is 0 Å². The summed E-state index contributed by atoms with van der Waals surface area (Å²) in [7, 11) is -3.60. The van der Waals surface area contributed by atoms with Crippen LogP contribution in [0.4, 0.5) is 5.69 Å². The first-order chi connectivity index (χ1) is 9.95. The number of fused-ring (bicyclic) bond motifs is 1. The molecule has 2 aliphatic rings. The second-order valence-corrected chi connectivity index (χ2v) is 7.43. The molecule has 4 N–H and O–H groups in total. The lowest BCUT2D eigenvalue weighted by atomic mass is 9.92. The average molecular weight is 309 g/mol. The van der Waals surface area contributed by atoms with E-state index >= 15 is 0 Å². The molecule has 6 nitrogen and oxygen atoms in total. The molecule has 1 fully saturated rings. The summed E-state index contributed by atoms with van der Waals surface area (Å²) in [6.45, 7) is 0. The molecule has 1 aliphatic carbocycles. The van der Waals surface area contributed by atoms with Gasteiger partial charge in [0.25, 0.3) is 0 Å². The predicted octanol–water partition coefficient (Wildman–Crippen LogP) is 0.729. The van der Waals surface area contributed by atoms with Crippen LogP contribution in [0.3, 0.4) is 0 Å². The van der Waals surface area contributed by atoms with E-state index in [1.165, 1.54) is 6.07 Å². The highest BCUT2D eigenvalue weighted by Crippen LogP contribution is 2.26. The quantitative estimate of drug-likeness (QED) is 0.766. The highest BCUT2D eigenvalue weighted by molar-refractivity contribution is 7.89. The zero-order chi connectivity index (χ0) is 15.0. The standard InChI is InChI=1S/C14H19N3O3S/c15-11-3-1-2-4-13(11)17-21(19,20)10-5-6-12-9(7-10)8-14(18)16-12/h5-7,11,13,17H,1-4,8,15H2,(H,16,18). The Kier molecular flexibility index (Phi) is 3.73. The van der Waals surface area contributed by atoms with Crippen LogP contribution in [0.2, 0.25) is 0 Å². The SMILES string of the molecule is NC1CCCCC1NS(=O)(=O)c1ccc2c(c1)CC(=O)N2. The zero-order valence-electron chi connectivity index (χ0n) is 11.6.